The Morgan fingerprint density at radius 1 is 1.22 bits per heavy atom. The molecule has 3 heteroatoms. The van der Waals surface area contributed by atoms with Crippen LogP contribution in [0.15, 0.2) is 0 Å². The lowest BCUT2D eigenvalue weighted by Crippen LogP contribution is -3.00. The summed E-state index contributed by atoms with van der Waals surface area (Å²) in [5, 5.41) is 0. The molecule has 0 aromatic carbocycles. The van der Waals surface area contributed by atoms with E-state index in [4.69, 9.17) is 4.84 Å². The molecule has 0 aliphatic rings. The highest BCUT2D eigenvalue weighted by molar-refractivity contribution is 4.05. The number of hydrogen-bond donors (Lipinski definition) is 0. The molecule has 0 heterocycles. The van der Waals surface area contributed by atoms with Crippen LogP contribution in [0.2, 0.25) is 0 Å². The van der Waals surface area contributed by atoms with Crippen molar-refractivity contribution in [3.05, 3.63) is 0 Å². The summed E-state index contributed by atoms with van der Waals surface area (Å²) >= 11 is 0. The third-order valence-electron chi connectivity index (χ3n) is 1.24. The van der Waals surface area contributed by atoms with Crippen LogP contribution in [-0.2, 0) is 4.84 Å². The summed E-state index contributed by atoms with van der Waals surface area (Å²) in [6, 6.07) is 0. The van der Waals surface area contributed by atoms with E-state index in [2.05, 4.69) is 6.92 Å². The number of hydrogen-bond acceptors (Lipinski definition) is 1. The first-order valence-corrected chi connectivity index (χ1v) is 3.10. The van der Waals surface area contributed by atoms with Crippen LogP contribution in [0.3, 0.4) is 0 Å². The standard InChI is InChI=1S/C6H16NO.ClH/c1-5-7(3,4)8-6-2;/h5-6H2,1-4H3;1H/q+1;/p-1. The largest absolute Gasteiger partial charge is 1.00 e. The van der Waals surface area contributed by atoms with Gasteiger partial charge in [-0.05, 0) is 13.8 Å². The monoisotopic (exact) mass is 153 g/mol. The Kier molecular flexibility index (Phi) is 6.68. The zero-order valence-corrected chi connectivity index (χ0v) is 7.40. The van der Waals surface area contributed by atoms with E-state index in [0.29, 0.717) is 4.65 Å². The van der Waals surface area contributed by atoms with E-state index in [9.17, 15) is 0 Å². The van der Waals surface area contributed by atoms with Crippen molar-refractivity contribution in [3.8, 4) is 0 Å². The molecule has 0 aromatic rings. The summed E-state index contributed by atoms with van der Waals surface area (Å²) in [6.07, 6.45) is 0. The Morgan fingerprint density at radius 3 is 1.78 bits per heavy atom. The number of halogens is 1. The third kappa shape index (κ3) is 6.09. The zero-order chi connectivity index (χ0) is 6.62. The maximum Gasteiger partial charge on any atom is 0.106 e. The van der Waals surface area contributed by atoms with Crippen molar-refractivity contribution in [1.82, 2.24) is 0 Å². The summed E-state index contributed by atoms with van der Waals surface area (Å²) in [5.41, 5.74) is 0. The highest BCUT2D eigenvalue weighted by Crippen LogP contribution is 1.95. The zero-order valence-electron chi connectivity index (χ0n) is 6.65. The van der Waals surface area contributed by atoms with Gasteiger partial charge in [0, 0.05) is 0 Å². The number of quaternary nitrogens is 1. The molecule has 0 bridgehead atoms. The van der Waals surface area contributed by atoms with E-state index >= 15 is 0 Å². The molecule has 0 radical (unpaired) electrons. The number of hydroxylamine groups is 3. The Labute approximate surface area is 63.8 Å². The molecule has 0 saturated heterocycles. The van der Waals surface area contributed by atoms with Crippen LogP contribution >= 0.6 is 0 Å². The van der Waals surface area contributed by atoms with Gasteiger partial charge >= 0.3 is 0 Å². The minimum atomic E-state index is 0. The molecule has 0 aliphatic carbocycles. The van der Waals surface area contributed by atoms with Gasteiger partial charge in [-0.1, -0.05) is 0 Å². The highest BCUT2D eigenvalue weighted by Gasteiger charge is 2.10. The van der Waals surface area contributed by atoms with Gasteiger partial charge in [0.25, 0.3) is 0 Å². The van der Waals surface area contributed by atoms with Gasteiger partial charge in [0.2, 0.25) is 0 Å². The van der Waals surface area contributed by atoms with Crippen LogP contribution in [0.4, 0.5) is 0 Å². The first kappa shape index (κ1) is 11.9. The van der Waals surface area contributed by atoms with Gasteiger partial charge in [-0.3, -0.25) is 0 Å². The van der Waals surface area contributed by atoms with Gasteiger partial charge in [0.1, 0.15) is 13.2 Å². The SMILES string of the molecule is CCO[N+](C)(C)CC.[Cl-]. The lowest BCUT2D eigenvalue weighted by molar-refractivity contribution is -1.07. The molecule has 2 nitrogen and oxygen atoms in total. The molecule has 0 atom stereocenters. The maximum atomic E-state index is 5.32. The Hall–Kier alpha value is 0.210. The second kappa shape index (κ2) is 5.03. The Bertz CT molecular complexity index is 66.1. The van der Waals surface area contributed by atoms with E-state index in [1.807, 2.05) is 21.0 Å². The minimum Gasteiger partial charge on any atom is -1.00 e. The number of rotatable bonds is 3. The van der Waals surface area contributed by atoms with E-state index in [1.165, 1.54) is 0 Å². The predicted molar refractivity (Wildman–Crippen MR) is 34.3 cm³/mol. The molecule has 0 amide bonds. The van der Waals surface area contributed by atoms with Crippen LogP contribution in [-0.4, -0.2) is 31.9 Å². The molecule has 0 aliphatic heterocycles. The summed E-state index contributed by atoms with van der Waals surface area (Å²) in [6.45, 7) is 5.93. The molecule has 0 saturated carbocycles. The number of nitrogens with zero attached hydrogens (tertiary/aromatic N) is 1. The molecule has 0 spiro atoms. The van der Waals surface area contributed by atoms with Gasteiger partial charge in [0.15, 0.2) is 0 Å². The summed E-state index contributed by atoms with van der Waals surface area (Å²) < 4.78 is 0.663. The third-order valence-corrected chi connectivity index (χ3v) is 1.24. The van der Waals surface area contributed by atoms with Crippen molar-refractivity contribution in [2.24, 2.45) is 0 Å². The van der Waals surface area contributed by atoms with Crippen molar-refractivity contribution in [3.63, 3.8) is 0 Å². The molecule has 0 unspecified atom stereocenters. The normalized spacial score (nSPS) is 10.7. The first-order valence-electron chi connectivity index (χ1n) is 3.10. The fourth-order valence-corrected chi connectivity index (χ4v) is 0.441. The van der Waals surface area contributed by atoms with Crippen LogP contribution in [0.1, 0.15) is 13.8 Å². The molecule has 0 rings (SSSR count). The van der Waals surface area contributed by atoms with Crippen LogP contribution in [0.5, 0.6) is 0 Å². The topological polar surface area (TPSA) is 9.23 Å². The Balaban J connectivity index is 0. The lowest BCUT2D eigenvalue weighted by atomic mass is 10.7. The van der Waals surface area contributed by atoms with Gasteiger partial charge < -0.3 is 12.4 Å². The fourth-order valence-electron chi connectivity index (χ4n) is 0.441. The smallest absolute Gasteiger partial charge is 0.106 e. The minimum absolute atomic E-state index is 0. The average molecular weight is 154 g/mol. The summed E-state index contributed by atoms with van der Waals surface area (Å²) in [5.74, 6) is 0. The highest BCUT2D eigenvalue weighted by atomic mass is 35.5. The maximum absolute atomic E-state index is 5.32. The van der Waals surface area contributed by atoms with Gasteiger partial charge in [-0.15, -0.1) is 0 Å². The summed E-state index contributed by atoms with van der Waals surface area (Å²) in [4.78, 5) is 5.32. The lowest BCUT2D eigenvalue weighted by Gasteiger charge is -2.23. The fraction of sp³-hybridized carbons (Fsp3) is 1.00. The van der Waals surface area contributed by atoms with E-state index in [0.717, 1.165) is 13.2 Å². The quantitative estimate of drug-likeness (QED) is 0.338. The second-order valence-electron chi connectivity index (χ2n) is 2.31. The molecular weight excluding hydrogens is 138 g/mol. The first-order chi connectivity index (χ1) is 3.62. The van der Waals surface area contributed by atoms with Gasteiger partial charge in [-0.25, -0.2) is 4.84 Å². The van der Waals surface area contributed by atoms with E-state index < -0.39 is 0 Å². The van der Waals surface area contributed by atoms with Crippen LogP contribution in [0.25, 0.3) is 0 Å². The van der Waals surface area contributed by atoms with Crippen molar-refractivity contribution >= 4 is 0 Å². The van der Waals surface area contributed by atoms with Gasteiger partial charge in [0.05, 0.1) is 14.1 Å². The van der Waals surface area contributed by atoms with Crippen molar-refractivity contribution in [2.75, 3.05) is 27.2 Å². The Morgan fingerprint density at radius 2 is 1.67 bits per heavy atom. The predicted octanol–water partition coefficient (Wildman–Crippen LogP) is -1.96. The van der Waals surface area contributed by atoms with E-state index in [-0.39, 0.29) is 12.4 Å². The second-order valence-corrected chi connectivity index (χ2v) is 2.31. The molecular formula is C6H16ClNO. The average Bonchev–Trinajstić information content (AvgIpc) is 1.67. The molecule has 58 valence electrons. The molecule has 0 aromatic heterocycles. The van der Waals surface area contributed by atoms with Crippen molar-refractivity contribution in [1.29, 1.82) is 0 Å². The van der Waals surface area contributed by atoms with Crippen molar-refractivity contribution < 1.29 is 21.9 Å². The van der Waals surface area contributed by atoms with Crippen LogP contribution < -0.4 is 12.4 Å². The van der Waals surface area contributed by atoms with E-state index in [1.54, 1.807) is 0 Å². The molecule has 0 fully saturated rings. The van der Waals surface area contributed by atoms with Crippen molar-refractivity contribution in [2.45, 2.75) is 13.8 Å². The van der Waals surface area contributed by atoms with Gasteiger partial charge in [-0.2, -0.15) is 4.65 Å². The summed E-state index contributed by atoms with van der Waals surface area (Å²) in [7, 11) is 4.09. The van der Waals surface area contributed by atoms with Crippen LogP contribution in [0, 0.1) is 0 Å². The molecule has 0 N–H and O–H groups in total. The molecule has 9 heavy (non-hydrogen) atoms.